The molecule has 0 saturated heterocycles. The Hall–Kier alpha value is -3.25. The third-order valence-corrected chi connectivity index (χ3v) is 7.59. The second kappa shape index (κ2) is 19.0. The van der Waals surface area contributed by atoms with Crippen molar-refractivity contribution in [1.82, 2.24) is 9.97 Å². The van der Waals surface area contributed by atoms with Crippen molar-refractivity contribution in [2.75, 3.05) is 19.8 Å². The normalized spacial score (nSPS) is 12.6. The first-order valence-corrected chi connectivity index (χ1v) is 15.9. The lowest BCUT2D eigenvalue weighted by atomic mass is 10.0. The van der Waals surface area contributed by atoms with Crippen LogP contribution in [0.1, 0.15) is 102 Å². The smallest absolute Gasteiger partial charge is 0.338 e. The Bertz CT molecular complexity index is 1150. The summed E-state index contributed by atoms with van der Waals surface area (Å²) in [5.41, 5.74) is 3.54. The van der Waals surface area contributed by atoms with Crippen LogP contribution in [0, 0.1) is 5.92 Å². The van der Waals surface area contributed by atoms with E-state index in [1.165, 1.54) is 44.9 Å². The monoisotopic (exact) mass is 574 g/mol. The number of carbonyl (C=O) groups is 1. The van der Waals surface area contributed by atoms with Crippen molar-refractivity contribution >= 4 is 5.97 Å². The predicted octanol–water partition coefficient (Wildman–Crippen LogP) is 9.33. The Kier molecular flexibility index (Phi) is 15.1. The van der Waals surface area contributed by atoms with Crippen LogP contribution in [0.2, 0.25) is 0 Å². The van der Waals surface area contributed by atoms with E-state index in [-0.39, 0.29) is 12.1 Å². The highest BCUT2D eigenvalue weighted by atomic mass is 16.6. The molecule has 2 aromatic carbocycles. The van der Waals surface area contributed by atoms with E-state index in [1.807, 2.05) is 43.3 Å². The molecule has 3 rings (SSSR count). The van der Waals surface area contributed by atoms with Gasteiger partial charge < -0.3 is 14.2 Å². The van der Waals surface area contributed by atoms with Crippen LogP contribution in [0.15, 0.2) is 60.9 Å². The Morgan fingerprint density at radius 3 is 1.98 bits per heavy atom. The molecule has 0 aliphatic rings. The molecule has 42 heavy (non-hydrogen) atoms. The van der Waals surface area contributed by atoms with Crippen LogP contribution in [-0.4, -0.2) is 41.9 Å². The largest absolute Gasteiger partial charge is 0.490 e. The predicted molar refractivity (Wildman–Crippen MR) is 171 cm³/mol. The lowest BCUT2D eigenvalue weighted by molar-refractivity contribution is 0.00121. The minimum Gasteiger partial charge on any atom is -0.490 e. The number of rotatable bonds is 20. The Labute approximate surface area is 253 Å². The number of hydrogen-bond acceptors (Lipinski definition) is 6. The van der Waals surface area contributed by atoms with Crippen LogP contribution in [-0.2, 0) is 9.47 Å². The molecule has 0 radical (unpaired) electrons. The zero-order chi connectivity index (χ0) is 30.0. The third kappa shape index (κ3) is 11.9. The van der Waals surface area contributed by atoms with E-state index in [0.29, 0.717) is 37.0 Å². The molecule has 6 heteroatoms. The van der Waals surface area contributed by atoms with Gasteiger partial charge in [0.2, 0.25) is 0 Å². The van der Waals surface area contributed by atoms with E-state index in [2.05, 4.69) is 30.7 Å². The van der Waals surface area contributed by atoms with Crippen LogP contribution in [0.4, 0.5) is 0 Å². The molecule has 1 aromatic heterocycles. The number of hydrogen-bond donors (Lipinski definition) is 0. The maximum absolute atomic E-state index is 12.6. The summed E-state index contributed by atoms with van der Waals surface area (Å²) < 4.78 is 17.1. The molecule has 0 fully saturated rings. The van der Waals surface area contributed by atoms with Crippen molar-refractivity contribution in [3.05, 3.63) is 66.5 Å². The number of unbranched alkanes of at least 4 members (excludes halogenated alkanes) is 6. The number of esters is 1. The maximum Gasteiger partial charge on any atom is 0.338 e. The van der Waals surface area contributed by atoms with Crippen molar-refractivity contribution < 1.29 is 19.0 Å². The van der Waals surface area contributed by atoms with Gasteiger partial charge in [0.25, 0.3) is 0 Å². The highest BCUT2D eigenvalue weighted by molar-refractivity contribution is 5.90. The van der Waals surface area contributed by atoms with Gasteiger partial charge in [0.1, 0.15) is 6.10 Å². The molecule has 0 spiro atoms. The average Bonchev–Trinajstić information content (AvgIpc) is 3.02. The van der Waals surface area contributed by atoms with Gasteiger partial charge in [-0.3, -0.25) is 0 Å². The van der Waals surface area contributed by atoms with Gasteiger partial charge in [-0.05, 0) is 55.4 Å². The van der Waals surface area contributed by atoms with Crippen molar-refractivity contribution in [1.29, 1.82) is 0 Å². The van der Waals surface area contributed by atoms with Crippen molar-refractivity contribution in [2.45, 2.75) is 98.0 Å². The molecule has 2 atom stereocenters. The van der Waals surface area contributed by atoms with Gasteiger partial charge in [-0.25, -0.2) is 14.8 Å². The number of ether oxygens (including phenoxy) is 3. The van der Waals surface area contributed by atoms with Crippen LogP contribution in [0.25, 0.3) is 22.5 Å². The Balaban J connectivity index is 1.41. The molecule has 1 unspecified atom stereocenters. The van der Waals surface area contributed by atoms with Gasteiger partial charge in [0.15, 0.2) is 11.6 Å². The Morgan fingerprint density at radius 2 is 1.33 bits per heavy atom. The second-order valence-electron chi connectivity index (χ2n) is 11.3. The lowest BCUT2D eigenvalue weighted by Crippen LogP contribution is -2.20. The quantitative estimate of drug-likeness (QED) is 0.0989. The maximum atomic E-state index is 12.6. The van der Waals surface area contributed by atoms with Gasteiger partial charge in [0.05, 0.1) is 31.2 Å². The van der Waals surface area contributed by atoms with Crippen molar-refractivity contribution in [3.8, 4) is 28.3 Å². The van der Waals surface area contributed by atoms with E-state index in [9.17, 15) is 4.79 Å². The molecule has 0 aliphatic carbocycles. The SMILES string of the molecule is CCCCCCCCCOc1cnc(-c2ccc(-c3ccc(C(=O)O[C@@H](C)COCCCC(C)CC)cc3)cc2)nc1. The van der Waals surface area contributed by atoms with E-state index >= 15 is 0 Å². The zero-order valence-electron chi connectivity index (χ0n) is 26.1. The summed E-state index contributed by atoms with van der Waals surface area (Å²) in [6.45, 7) is 10.4. The highest BCUT2D eigenvalue weighted by Gasteiger charge is 2.13. The summed E-state index contributed by atoms with van der Waals surface area (Å²) in [6.07, 6.45) is 15.4. The molecule has 0 aliphatic heterocycles. The number of nitrogens with zero attached hydrogens (tertiary/aromatic N) is 2. The second-order valence-corrected chi connectivity index (χ2v) is 11.3. The van der Waals surface area contributed by atoms with Crippen molar-refractivity contribution in [2.24, 2.45) is 5.92 Å². The molecule has 0 bridgehead atoms. The van der Waals surface area contributed by atoms with Crippen LogP contribution < -0.4 is 4.74 Å². The number of benzene rings is 2. The van der Waals surface area contributed by atoms with Crippen LogP contribution in [0.5, 0.6) is 5.75 Å². The fourth-order valence-electron chi connectivity index (χ4n) is 4.67. The first-order valence-electron chi connectivity index (χ1n) is 15.9. The fourth-order valence-corrected chi connectivity index (χ4v) is 4.67. The molecule has 3 aromatic rings. The van der Waals surface area contributed by atoms with E-state index in [0.717, 1.165) is 41.9 Å². The van der Waals surface area contributed by atoms with E-state index in [1.54, 1.807) is 24.5 Å². The minimum atomic E-state index is -0.334. The number of aromatic nitrogens is 2. The molecule has 0 N–H and O–H groups in total. The average molecular weight is 575 g/mol. The van der Waals surface area contributed by atoms with Gasteiger partial charge in [0, 0.05) is 12.2 Å². The summed E-state index contributed by atoms with van der Waals surface area (Å²) in [5, 5.41) is 0. The molecule has 228 valence electrons. The number of carbonyl (C=O) groups excluding carboxylic acids is 1. The van der Waals surface area contributed by atoms with Gasteiger partial charge in [-0.1, -0.05) is 102 Å². The summed E-state index contributed by atoms with van der Waals surface area (Å²) in [4.78, 5) is 21.6. The van der Waals surface area contributed by atoms with E-state index in [4.69, 9.17) is 14.2 Å². The van der Waals surface area contributed by atoms with Gasteiger partial charge >= 0.3 is 5.97 Å². The Morgan fingerprint density at radius 1 is 0.738 bits per heavy atom. The van der Waals surface area contributed by atoms with Crippen LogP contribution >= 0.6 is 0 Å². The molecule has 0 saturated carbocycles. The first-order chi connectivity index (χ1) is 20.5. The molecule has 6 nitrogen and oxygen atoms in total. The first kappa shape index (κ1) is 33.3. The molecule has 1 heterocycles. The minimum absolute atomic E-state index is 0.290. The van der Waals surface area contributed by atoms with Crippen LogP contribution in [0.3, 0.4) is 0 Å². The third-order valence-electron chi connectivity index (χ3n) is 7.59. The summed E-state index contributed by atoms with van der Waals surface area (Å²) >= 11 is 0. The molecule has 0 amide bonds. The van der Waals surface area contributed by atoms with Gasteiger partial charge in [-0.15, -0.1) is 0 Å². The molecular formula is C36H50N2O4. The zero-order valence-corrected chi connectivity index (χ0v) is 26.1. The lowest BCUT2D eigenvalue weighted by Gasteiger charge is -2.14. The van der Waals surface area contributed by atoms with Gasteiger partial charge in [-0.2, -0.15) is 0 Å². The summed E-state index contributed by atoms with van der Waals surface area (Å²) in [7, 11) is 0. The standard InChI is InChI=1S/C36H50N2O4/c1-5-7-8-9-10-11-12-24-41-34-25-37-35(38-26-34)32-19-15-30(16-20-32)31-17-21-33(22-18-31)36(39)42-29(4)27-40-23-13-14-28(3)6-2/h15-22,25-26,28-29H,5-14,23-24,27H2,1-4H3/t28?,29-/m0/s1. The van der Waals surface area contributed by atoms with Crippen molar-refractivity contribution in [3.63, 3.8) is 0 Å². The fraction of sp³-hybridized carbons (Fsp3) is 0.528. The molecular weight excluding hydrogens is 524 g/mol. The van der Waals surface area contributed by atoms with E-state index < -0.39 is 0 Å². The summed E-state index contributed by atoms with van der Waals surface area (Å²) in [6, 6.07) is 15.6. The topological polar surface area (TPSA) is 70.5 Å². The summed E-state index contributed by atoms with van der Waals surface area (Å²) in [5.74, 6) is 1.76. The highest BCUT2D eigenvalue weighted by Crippen LogP contribution is 2.24.